The molecule has 0 bridgehead atoms. The Bertz CT molecular complexity index is 321. The number of hydrogen-bond acceptors (Lipinski definition) is 1. The van der Waals surface area contributed by atoms with Crippen molar-refractivity contribution in [2.75, 3.05) is 6.61 Å². The van der Waals surface area contributed by atoms with Crippen LogP contribution in [-0.4, -0.2) is 6.61 Å². The van der Waals surface area contributed by atoms with Gasteiger partial charge in [-0.05, 0) is 43.3 Å². The van der Waals surface area contributed by atoms with E-state index in [-0.39, 0.29) is 0 Å². The maximum Gasteiger partial charge on any atom is 0.118 e. The first-order chi connectivity index (χ1) is 8.69. The lowest BCUT2D eigenvalue weighted by atomic mass is 9.84. The van der Waals surface area contributed by atoms with Gasteiger partial charge in [0.1, 0.15) is 5.76 Å². The largest absolute Gasteiger partial charge is 0.494 e. The SMILES string of the molecule is CCCCOC1=CC=C(C(CC)C(C)C)CC=C1. The van der Waals surface area contributed by atoms with Crippen LogP contribution in [0.15, 0.2) is 35.6 Å². The van der Waals surface area contributed by atoms with Gasteiger partial charge < -0.3 is 4.74 Å². The first kappa shape index (κ1) is 15.1. The predicted octanol–water partition coefficient (Wildman–Crippen LogP) is 5.26. The highest BCUT2D eigenvalue weighted by atomic mass is 16.5. The predicted molar refractivity (Wildman–Crippen MR) is 79.4 cm³/mol. The van der Waals surface area contributed by atoms with Crippen LogP contribution in [0.2, 0.25) is 0 Å². The lowest BCUT2D eigenvalue weighted by molar-refractivity contribution is 0.219. The molecule has 0 saturated heterocycles. The summed E-state index contributed by atoms with van der Waals surface area (Å²) in [5.74, 6) is 2.42. The van der Waals surface area contributed by atoms with Crippen LogP contribution < -0.4 is 0 Å². The van der Waals surface area contributed by atoms with Gasteiger partial charge in [0.2, 0.25) is 0 Å². The molecule has 1 atom stereocenters. The molecule has 0 fully saturated rings. The Labute approximate surface area is 113 Å². The fourth-order valence-corrected chi connectivity index (χ4v) is 2.49. The minimum atomic E-state index is 0.695. The van der Waals surface area contributed by atoms with E-state index in [0.717, 1.165) is 25.2 Å². The molecule has 0 N–H and O–H groups in total. The third-order valence-electron chi connectivity index (χ3n) is 3.58. The van der Waals surface area contributed by atoms with Crippen LogP contribution in [0, 0.1) is 11.8 Å². The van der Waals surface area contributed by atoms with Gasteiger partial charge in [0.15, 0.2) is 0 Å². The molecule has 1 unspecified atom stereocenters. The zero-order valence-electron chi connectivity index (χ0n) is 12.4. The quantitative estimate of drug-likeness (QED) is 0.559. The second kappa shape index (κ2) is 8.18. The molecular formula is C17H28O. The molecule has 102 valence electrons. The molecule has 0 aromatic heterocycles. The Balaban J connectivity index is 2.65. The zero-order chi connectivity index (χ0) is 13.4. The summed E-state index contributed by atoms with van der Waals surface area (Å²) in [5.41, 5.74) is 1.54. The molecule has 0 aliphatic heterocycles. The first-order valence-electron chi connectivity index (χ1n) is 7.39. The molecule has 0 aromatic carbocycles. The van der Waals surface area contributed by atoms with Crippen LogP contribution in [-0.2, 0) is 4.74 Å². The van der Waals surface area contributed by atoms with Crippen molar-refractivity contribution in [1.29, 1.82) is 0 Å². The molecule has 0 saturated carbocycles. The third-order valence-corrected chi connectivity index (χ3v) is 3.58. The Kier molecular flexibility index (Phi) is 6.85. The van der Waals surface area contributed by atoms with Crippen molar-refractivity contribution in [3.63, 3.8) is 0 Å². The fourth-order valence-electron chi connectivity index (χ4n) is 2.49. The van der Waals surface area contributed by atoms with Crippen molar-refractivity contribution >= 4 is 0 Å². The molecule has 0 aromatic rings. The van der Waals surface area contributed by atoms with E-state index < -0.39 is 0 Å². The van der Waals surface area contributed by atoms with Crippen LogP contribution >= 0.6 is 0 Å². The van der Waals surface area contributed by atoms with Gasteiger partial charge in [-0.25, -0.2) is 0 Å². The lowest BCUT2D eigenvalue weighted by Crippen LogP contribution is -2.10. The standard InChI is InChI=1S/C17H28O/c1-5-7-13-18-16-10-8-9-15(11-12-16)17(6-2)14(3)4/h8,10-12,14,17H,5-7,9,13H2,1-4H3. The van der Waals surface area contributed by atoms with Gasteiger partial charge in [0.25, 0.3) is 0 Å². The minimum Gasteiger partial charge on any atom is -0.494 e. The summed E-state index contributed by atoms with van der Waals surface area (Å²) in [4.78, 5) is 0. The normalized spacial score (nSPS) is 17.2. The van der Waals surface area contributed by atoms with Gasteiger partial charge in [0.05, 0.1) is 6.61 Å². The molecule has 0 heterocycles. The van der Waals surface area contributed by atoms with Crippen LogP contribution in [0.25, 0.3) is 0 Å². The van der Waals surface area contributed by atoms with E-state index in [1.54, 1.807) is 0 Å². The van der Waals surface area contributed by atoms with E-state index in [1.165, 1.54) is 18.4 Å². The lowest BCUT2D eigenvalue weighted by Gasteiger charge is -2.21. The average molecular weight is 248 g/mol. The van der Waals surface area contributed by atoms with Crippen molar-refractivity contribution in [3.05, 3.63) is 35.6 Å². The van der Waals surface area contributed by atoms with E-state index in [4.69, 9.17) is 4.74 Å². The highest BCUT2D eigenvalue weighted by Gasteiger charge is 2.15. The van der Waals surface area contributed by atoms with E-state index in [0.29, 0.717) is 11.8 Å². The Hall–Kier alpha value is -0.980. The molecule has 0 radical (unpaired) electrons. The monoisotopic (exact) mass is 248 g/mol. The summed E-state index contributed by atoms with van der Waals surface area (Å²) in [6.45, 7) is 9.92. The van der Waals surface area contributed by atoms with Gasteiger partial charge in [-0.3, -0.25) is 0 Å². The average Bonchev–Trinajstić information content (AvgIpc) is 2.56. The zero-order valence-corrected chi connectivity index (χ0v) is 12.4. The Morgan fingerprint density at radius 1 is 1.22 bits per heavy atom. The summed E-state index contributed by atoms with van der Waals surface area (Å²) in [7, 11) is 0. The molecule has 1 nitrogen and oxygen atoms in total. The van der Waals surface area contributed by atoms with Crippen LogP contribution in [0.3, 0.4) is 0 Å². The highest BCUT2D eigenvalue weighted by Crippen LogP contribution is 2.28. The molecule has 1 rings (SSSR count). The Morgan fingerprint density at radius 3 is 2.61 bits per heavy atom. The van der Waals surface area contributed by atoms with Gasteiger partial charge >= 0.3 is 0 Å². The minimum absolute atomic E-state index is 0.695. The number of unbranched alkanes of at least 4 members (excludes halogenated alkanes) is 1. The van der Waals surface area contributed by atoms with Crippen molar-refractivity contribution in [2.45, 2.75) is 53.4 Å². The highest BCUT2D eigenvalue weighted by molar-refractivity contribution is 5.29. The summed E-state index contributed by atoms with van der Waals surface area (Å²) < 4.78 is 5.76. The maximum absolute atomic E-state index is 5.76. The van der Waals surface area contributed by atoms with Gasteiger partial charge in [0, 0.05) is 0 Å². The second-order valence-electron chi connectivity index (χ2n) is 5.38. The van der Waals surface area contributed by atoms with E-state index in [1.807, 2.05) is 0 Å². The van der Waals surface area contributed by atoms with Crippen LogP contribution in [0.5, 0.6) is 0 Å². The smallest absolute Gasteiger partial charge is 0.118 e. The van der Waals surface area contributed by atoms with Crippen molar-refractivity contribution in [3.8, 4) is 0 Å². The van der Waals surface area contributed by atoms with Gasteiger partial charge in [-0.1, -0.05) is 51.8 Å². The number of allylic oxidation sites excluding steroid dienone is 5. The molecule has 0 spiro atoms. The molecular weight excluding hydrogens is 220 g/mol. The van der Waals surface area contributed by atoms with Crippen molar-refractivity contribution < 1.29 is 4.74 Å². The Morgan fingerprint density at radius 2 is 2.00 bits per heavy atom. The molecule has 1 aliphatic rings. The summed E-state index contributed by atoms with van der Waals surface area (Å²) in [6, 6.07) is 0. The molecule has 1 heteroatoms. The third kappa shape index (κ3) is 4.72. The van der Waals surface area contributed by atoms with Crippen LogP contribution in [0.4, 0.5) is 0 Å². The van der Waals surface area contributed by atoms with Gasteiger partial charge in [-0.2, -0.15) is 0 Å². The number of ether oxygens (including phenoxy) is 1. The van der Waals surface area contributed by atoms with Crippen LogP contribution in [0.1, 0.15) is 53.4 Å². The number of hydrogen-bond donors (Lipinski definition) is 0. The maximum atomic E-state index is 5.76. The topological polar surface area (TPSA) is 9.23 Å². The molecule has 0 amide bonds. The van der Waals surface area contributed by atoms with E-state index >= 15 is 0 Å². The van der Waals surface area contributed by atoms with Crippen molar-refractivity contribution in [2.24, 2.45) is 11.8 Å². The summed E-state index contributed by atoms with van der Waals surface area (Å²) in [5, 5.41) is 0. The summed E-state index contributed by atoms with van der Waals surface area (Å²) in [6.07, 6.45) is 13.4. The van der Waals surface area contributed by atoms with E-state index in [9.17, 15) is 0 Å². The summed E-state index contributed by atoms with van der Waals surface area (Å²) >= 11 is 0. The molecule has 1 aliphatic carbocycles. The van der Waals surface area contributed by atoms with Crippen molar-refractivity contribution in [1.82, 2.24) is 0 Å². The van der Waals surface area contributed by atoms with E-state index in [2.05, 4.69) is 52.0 Å². The van der Waals surface area contributed by atoms with Gasteiger partial charge in [-0.15, -0.1) is 0 Å². The first-order valence-corrected chi connectivity index (χ1v) is 7.39. The number of rotatable bonds is 7. The fraction of sp³-hybridized carbons (Fsp3) is 0.647. The molecule has 18 heavy (non-hydrogen) atoms. The second-order valence-corrected chi connectivity index (χ2v) is 5.38.